The molecule has 116 valence electrons. The zero-order chi connectivity index (χ0) is 15.6. The van der Waals surface area contributed by atoms with Gasteiger partial charge in [-0.1, -0.05) is 13.0 Å². The number of nitrogens with two attached hydrogens (primary N) is 1. The lowest BCUT2D eigenvalue weighted by Crippen LogP contribution is -2.50. The number of carbonyl (C=O) groups is 1. The standard InChI is InChI=1S/C13H18N2O4S2/c1-2-21(18,19)11-8-20-7-6-15(11)13(17)9-4-3-5-10(14)12(9)16/h3-5,11,16H,2,6-8,14H2,1H3. The second-order valence-electron chi connectivity index (χ2n) is 4.72. The summed E-state index contributed by atoms with van der Waals surface area (Å²) in [5.41, 5.74) is 5.73. The predicted octanol–water partition coefficient (Wildman–Crippen LogP) is 0.924. The highest BCUT2D eigenvalue weighted by Gasteiger charge is 2.36. The van der Waals surface area contributed by atoms with Gasteiger partial charge in [0.2, 0.25) is 0 Å². The molecule has 0 aliphatic carbocycles. The molecule has 1 aromatic rings. The lowest BCUT2D eigenvalue weighted by atomic mass is 10.1. The summed E-state index contributed by atoms with van der Waals surface area (Å²) in [5.74, 6) is 0.205. The first kappa shape index (κ1) is 16.0. The number of nitrogens with zero attached hydrogens (tertiary/aromatic N) is 1. The third-order valence-corrected chi connectivity index (χ3v) is 6.75. The van der Waals surface area contributed by atoms with Crippen LogP contribution in [0, 0.1) is 0 Å². The van der Waals surface area contributed by atoms with Crippen LogP contribution in [0.3, 0.4) is 0 Å². The van der Waals surface area contributed by atoms with Gasteiger partial charge >= 0.3 is 0 Å². The molecule has 0 bridgehead atoms. The van der Waals surface area contributed by atoms with Gasteiger partial charge in [-0.25, -0.2) is 8.42 Å². The Bertz CT molecular complexity index is 646. The molecule has 1 heterocycles. The fraction of sp³-hybridized carbons (Fsp3) is 0.462. The second-order valence-corrected chi connectivity index (χ2v) is 8.32. The number of amides is 1. The van der Waals surface area contributed by atoms with Crippen LogP contribution in [0.2, 0.25) is 0 Å². The third-order valence-electron chi connectivity index (χ3n) is 3.46. The molecule has 0 spiro atoms. The molecule has 2 rings (SSSR count). The number of phenolic OH excluding ortho intramolecular Hbond substituents is 1. The summed E-state index contributed by atoms with van der Waals surface area (Å²) >= 11 is 1.51. The van der Waals surface area contributed by atoms with Crippen LogP contribution in [0.4, 0.5) is 5.69 Å². The Labute approximate surface area is 128 Å². The zero-order valence-electron chi connectivity index (χ0n) is 11.7. The Hall–Kier alpha value is -1.41. The van der Waals surface area contributed by atoms with Crippen molar-refractivity contribution in [1.29, 1.82) is 0 Å². The minimum Gasteiger partial charge on any atom is -0.505 e. The first-order chi connectivity index (χ1) is 9.88. The summed E-state index contributed by atoms with van der Waals surface area (Å²) < 4.78 is 24.3. The van der Waals surface area contributed by atoms with Gasteiger partial charge in [0.15, 0.2) is 15.6 Å². The van der Waals surface area contributed by atoms with Crippen LogP contribution >= 0.6 is 11.8 Å². The third kappa shape index (κ3) is 3.11. The fourth-order valence-corrected chi connectivity index (χ4v) is 5.16. The Kier molecular flexibility index (Phi) is 4.67. The lowest BCUT2D eigenvalue weighted by Gasteiger charge is -2.34. The Morgan fingerprint density at radius 1 is 1.52 bits per heavy atom. The Morgan fingerprint density at radius 3 is 2.90 bits per heavy atom. The van der Waals surface area contributed by atoms with Crippen LogP contribution < -0.4 is 5.73 Å². The van der Waals surface area contributed by atoms with Crippen molar-refractivity contribution in [2.75, 3.05) is 29.5 Å². The van der Waals surface area contributed by atoms with Gasteiger partial charge in [-0.3, -0.25) is 4.79 Å². The zero-order valence-corrected chi connectivity index (χ0v) is 13.3. The summed E-state index contributed by atoms with van der Waals surface area (Å²) in [6.07, 6.45) is 0. The molecular formula is C13H18N2O4S2. The quantitative estimate of drug-likeness (QED) is 0.631. The summed E-state index contributed by atoms with van der Waals surface area (Å²) in [6.45, 7) is 1.90. The van der Waals surface area contributed by atoms with Crippen molar-refractivity contribution in [3.63, 3.8) is 0 Å². The van der Waals surface area contributed by atoms with E-state index in [4.69, 9.17) is 5.73 Å². The van der Waals surface area contributed by atoms with Crippen molar-refractivity contribution in [1.82, 2.24) is 4.90 Å². The topological polar surface area (TPSA) is 101 Å². The van der Waals surface area contributed by atoms with Crippen LogP contribution in [-0.2, 0) is 9.84 Å². The van der Waals surface area contributed by atoms with Crippen LogP contribution in [0.15, 0.2) is 18.2 Å². The number of sulfone groups is 1. The molecule has 0 radical (unpaired) electrons. The van der Waals surface area contributed by atoms with E-state index in [2.05, 4.69) is 0 Å². The van der Waals surface area contributed by atoms with Crippen LogP contribution in [0.25, 0.3) is 0 Å². The van der Waals surface area contributed by atoms with E-state index in [0.717, 1.165) is 0 Å². The molecule has 0 saturated carbocycles. The van der Waals surface area contributed by atoms with Gasteiger partial charge in [0, 0.05) is 23.8 Å². The number of hydrogen-bond acceptors (Lipinski definition) is 6. The van der Waals surface area contributed by atoms with Crippen molar-refractivity contribution in [2.24, 2.45) is 0 Å². The number of aromatic hydroxyl groups is 1. The molecule has 3 N–H and O–H groups in total. The number of thioether (sulfide) groups is 1. The summed E-state index contributed by atoms with van der Waals surface area (Å²) in [7, 11) is -3.38. The highest BCUT2D eigenvalue weighted by atomic mass is 32.2. The molecule has 1 saturated heterocycles. The average molecular weight is 330 g/mol. The average Bonchev–Trinajstić information content (AvgIpc) is 2.49. The molecule has 1 aromatic carbocycles. The maximum absolute atomic E-state index is 12.6. The lowest BCUT2D eigenvalue weighted by molar-refractivity contribution is 0.0746. The number of anilines is 1. The number of phenols is 1. The van der Waals surface area contributed by atoms with Crippen molar-refractivity contribution >= 4 is 33.2 Å². The maximum Gasteiger partial charge on any atom is 0.258 e. The second kappa shape index (κ2) is 6.15. The van der Waals surface area contributed by atoms with Crippen LogP contribution in [-0.4, -0.2) is 53.5 Å². The number of benzene rings is 1. The highest BCUT2D eigenvalue weighted by Crippen LogP contribution is 2.29. The number of hydrogen-bond donors (Lipinski definition) is 2. The van der Waals surface area contributed by atoms with Crippen LogP contribution in [0.1, 0.15) is 17.3 Å². The molecule has 1 amide bonds. The van der Waals surface area contributed by atoms with Crippen LogP contribution in [0.5, 0.6) is 5.75 Å². The van der Waals surface area contributed by atoms with Gasteiger partial charge in [0.05, 0.1) is 11.3 Å². The van der Waals surface area contributed by atoms with Gasteiger partial charge < -0.3 is 15.7 Å². The van der Waals surface area contributed by atoms with Crippen molar-refractivity contribution in [3.8, 4) is 5.75 Å². The predicted molar refractivity (Wildman–Crippen MR) is 84.1 cm³/mol. The van der Waals surface area contributed by atoms with Crippen molar-refractivity contribution in [2.45, 2.75) is 12.3 Å². The monoisotopic (exact) mass is 330 g/mol. The molecule has 1 aliphatic rings. The van der Waals surface area contributed by atoms with Crippen molar-refractivity contribution < 1.29 is 18.3 Å². The smallest absolute Gasteiger partial charge is 0.258 e. The first-order valence-corrected chi connectivity index (χ1v) is 9.43. The molecule has 1 atom stereocenters. The largest absolute Gasteiger partial charge is 0.505 e. The van der Waals surface area contributed by atoms with Crippen molar-refractivity contribution in [3.05, 3.63) is 23.8 Å². The number of nitrogen functional groups attached to an aromatic ring is 1. The van der Waals surface area contributed by atoms with E-state index in [1.165, 1.54) is 28.8 Å². The van der Waals surface area contributed by atoms with Gasteiger partial charge in [0.1, 0.15) is 5.37 Å². The van der Waals surface area contributed by atoms with Gasteiger partial charge in [-0.05, 0) is 12.1 Å². The van der Waals surface area contributed by atoms with E-state index < -0.39 is 21.1 Å². The van der Waals surface area contributed by atoms with Gasteiger partial charge in [0.25, 0.3) is 5.91 Å². The van der Waals surface area contributed by atoms with E-state index in [9.17, 15) is 18.3 Å². The molecular weight excluding hydrogens is 312 g/mol. The van der Waals surface area contributed by atoms with Gasteiger partial charge in [-0.2, -0.15) is 11.8 Å². The molecule has 21 heavy (non-hydrogen) atoms. The summed E-state index contributed by atoms with van der Waals surface area (Å²) in [6, 6.07) is 4.49. The highest BCUT2D eigenvalue weighted by molar-refractivity contribution is 8.01. The van der Waals surface area contributed by atoms with E-state index in [1.54, 1.807) is 13.0 Å². The molecule has 1 aliphatic heterocycles. The maximum atomic E-state index is 12.6. The fourth-order valence-electron chi connectivity index (χ4n) is 2.19. The Morgan fingerprint density at radius 2 is 2.24 bits per heavy atom. The first-order valence-electron chi connectivity index (χ1n) is 6.56. The minimum absolute atomic E-state index is 0.0229. The normalized spacial score (nSPS) is 19.5. The molecule has 6 nitrogen and oxygen atoms in total. The summed E-state index contributed by atoms with van der Waals surface area (Å²) in [4.78, 5) is 13.9. The molecule has 0 aromatic heterocycles. The molecule has 1 fully saturated rings. The van der Waals surface area contributed by atoms with E-state index >= 15 is 0 Å². The summed E-state index contributed by atoms with van der Waals surface area (Å²) in [5, 5.41) is 9.07. The minimum atomic E-state index is -3.38. The molecule has 1 unspecified atom stereocenters. The number of para-hydroxylation sites is 1. The van der Waals surface area contributed by atoms with E-state index in [1.807, 2.05) is 0 Å². The van der Waals surface area contributed by atoms with E-state index in [0.29, 0.717) is 18.1 Å². The van der Waals surface area contributed by atoms with Gasteiger partial charge in [-0.15, -0.1) is 0 Å². The number of rotatable bonds is 3. The number of carbonyl (C=O) groups excluding carboxylic acids is 1. The van der Waals surface area contributed by atoms with E-state index in [-0.39, 0.29) is 22.8 Å². The SMILES string of the molecule is CCS(=O)(=O)C1CSCCN1C(=O)c1cccc(N)c1O. The Balaban J connectivity index is 2.38. The molecule has 8 heteroatoms.